The van der Waals surface area contributed by atoms with E-state index in [4.69, 9.17) is 34.8 Å². The minimum absolute atomic E-state index is 0.256. The SMILES string of the molecule is O=C(NCc1ccc(Cl)c(Cl)c1)c1cc(-c2ccc(Cl)cc2)n[nH]1. The van der Waals surface area contributed by atoms with Crippen LogP contribution in [0.4, 0.5) is 0 Å². The van der Waals surface area contributed by atoms with Crippen molar-refractivity contribution in [3.05, 3.63) is 74.9 Å². The van der Waals surface area contributed by atoms with Gasteiger partial charge in [-0.3, -0.25) is 9.89 Å². The average molecular weight is 381 g/mol. The molecule has 2 aromatic carbocycles. The Morgan fingerprint density at radius 1 is 1.00 bits per heavy atom. The van der Waals surface area contributed by atoms with Crippen LogP contribution in [-0.2, 0) is 6.54 Å². The average Bonchev–Trinajstić information content (AvgIpc) is 3.06. The molecule has 0 bridgehead atoms. The van der Waals surface area contributed by atoms with Crippen LogP contribution in [0.2, 0.25) is 15.1 Å². The largest absolute Gasteiger partial charge is 0.347 e. The molecule has 0 atom stereocenters. The summed E-state index contributed by atoms with van der Waals surface area (Å²) in [4.78, 5) is 12.2. The number of carbonyl (C=O) groups is 1. The zero-order valence-electron chi connectivity index (χ0n) is 12.3. The van der Waals surface area contributed by atoms with E-state index < -0.39 is 0 Å². The maximum absolute atomic E-state index is 12.2. The van der Waals surface area contributed by atoms with E-state index >= 15 is 0 Å². The maximum Gasteiger partial charge on any atom is 0.269 e. The molecule has 1 aromatic heterocycles. The highest BCUT2D eigenvalue weighted by Gasteiger charge is 2.11. The lowest BCUT2D eigenvalue weighted by molar-refractivity contribution is 0.0946. The van der Waals surface area contributed by atoms with Crippen molar-refractivity contribution in [3.8, 4) is 11.3 Å². The molecule has 2 N–H and O–H groups in total. The van der Waals surface area contributed by atoms with Crippen LogP contribution in [0.5, 0.6) is 0 Å². The number of H-pyrrole nitrogens is 1. The van der Waals surface area contributed by atoms with Crippen molar-refractivity contribution in [1.29, 1.82) is 0 Å². The van der Waals surface area contributed by atoms with E-state index in [0.717, 1.165) is 11.1 Å². The minimum atomic E-state index is -0.256. The summed E-state index contributed by atoms with van der Waals surface area (Å²) in [5.41, 5.74) is 2.78. The molecular weight excluding hydrogens is 369 g/mol. The fourth-order valence-electron chi connectivity index (χ4n) is 2.13. The van der Waals surface area contributed by atoms with E-state index in [1.807, 2.05) is 12.1 Å². The number of hydrogen-bond donors (Lipinski definition) is 2. The van der Waals surface area contributed by atoms with Gasteiger partial charge in [0.25, 0.3) is 5.91 Å². The third-order valence-electron chi connectivity index (χ3n) is 3.40. The van der Waals surface area contributed by atoms with Gasteiger partial charge in [0.05, 0.1) is 15.7 Å². The molecule has 0 aliphatic carbocycles. The molecule has 24 heavy (non-hydrogen) atoms. The fraction of sp³-hybridized carbons (Fsp3) is 0.0588. The molecule has 0 aliphatic heterocycles. The number of aromatic amines is 1. The van der Waals surface area contributed by atoms with Crippen molar-refractivity contribution in [3.63, 3.8) is 0 Å². The molecule has 0 aliphatic rings. The summed E-state index contributed by atoms with van der Waals surface area (Å²) in [6.45, 7) is 0.338. The van der Waals surface area contributed by atoms with Gasteiger partial charge in [0.2, 0.25) is 0 Å². The van der Waals surface area contributed by atoms with Crippen LogP contribution in [0.1, 0.15) is 16.1 Å². The lowest BCUT2D eigenvalue weighted by atomic mass is 10.1. The normalized spacial score (nSPS) is 10.6. The Balaban J connectivity index is 1.67. The lowest BCUT2D eigenvalue weighted by Crippen LogP contribution is -2.23. The standard InChI is InChI=1S/C17H12Cl3N3O/c18-12-4-2-11(3-5-12)15-8-16(23-22-15)17(24)21-9-10-1-6-13(19)14(20)7-10/h1-8H,9H2,(H,21,24)(H,22,23). The molecule has 4 nitrogen and oxygen atoms in total. The molecule has 3 rings (SSSR count). The predicted molar refractivity (Wildman–Crippen MR) is 96.7 cm³/mol. The van der Waals surface area contributed by atoms with Crippen LogP contribution in [0.15, 0.2) is 48.5 Å². The first-order chi connectivity index (χ1) is 11.5. The Morgan fingerprint density at radius 3 is 2.46 bits per heavy atom. The predicted octanol–water partition coefficient (Wildman–Crippen LogP) is 4.97. The van der Waals surface area contributed by atoms with Gasteiger partial charge in [-0.25, -0.2) is 0 Å². The van der Waals surface area contributed by atoms with Gasteiger partial charge >= 0.3 is 0 Å². The topological polar surface area (TPSA) is 57.8 Å². The van der Waals surface area contributed by atoms with Gasteiger partial charge in [-0.05, 0) is 35.9 Å². The van der Waals surface area contributed by atoms with Gasteiger partial charge < -0.3 is 5.32 Å². The number of rotatable bonds is 4. The van der Waals surface area contributed by atoms with Crippen molar-refractivity contribution in [2.45, 2.75) is 6.54 Å². The minimum Gasteiger partial charge on any atom is -0.347 e. The zero-order valence-corrected chi connectivity index (χ0v) is 14.6. The number of carbonyl (C=O) groups excluding carboxylic acids is 1. The number of halogens is 3. The summed E-state index contributed by atoms with van der Waals surface area (Å²) in [6.07, 6.45) is 0. The molecule has 0 saturated heterocycles. The van der Waals surface area contributed by atoms with Crippen LogP contribution in [0.3, 0.4) is 0 Å². The molecule has 1 amide bonds. The highest BCUT2D eigenvalue weighted by Crippen LogP contribution is 2.23. The molecule has 0 fully saturated rings. The van der Waals surface area contributed by atoms with Crippen LogP contribution < -0.4 is 5.32 Å². The smallest absolute Gasteiger partial charge is 0.269 e. The number of benzene rings is 2. The second-order valence-corrected chi connectivity index (χ2v) is 6.36. The molecule has 0 unspecified atom stereocenters. The first-order valence-corrected chi connectivity index (χ1v) is 8.20. The van der Waals surface area contributed by atoms with E-state index in [-0.39, 0.29) is 5.91 Å². The van der Waals surface area contributed by atoms with E-state index in [1.165, 1.54) is 0 Å². The second-order valence-electron chi connectivity index (χ2n) is 5.10. The van der Waals surface area contributed by atoms with Crippen LogP contribution in [-0.4, -0.2) is 16.1 Å². The van der Waals surface area contributed by atoms with Gasteiger partial charge in [-0.2, -0.15) is 5.10 Å². The second kappa shape index (κ2) is 7.26. The van der Waals surface area contributed by atoms with Gasteiger partial charge in [0.1, 0.15) is 5.69 Å². The molecule has 0 spiro atoms. The molecule has 0 radical (unpaired) electrons. The van der Waals surface area contributed by atoms with Crippen molar-refractivity contribution in [2.75, 3.05) is 0 Å². The number of aromatic nitrogens is 2. The van der Waals surface area contributed by atoms with E-state index in [9.17, 15) is 4.79 Å². The molecule has 0 saturated carbocycles. The summed E-state index contributed by atoms with van der Waals surface area (Å²) in [6, 6.07) is 14.1. The lowest BCUT2D eigenvalue weighted by Gasteiger charge is -2.05. The van der Waals surface area contributed by atoms with E-state index in [1.54, 1.807) is 36.4 Å². The van der Waals surface area contributed by atoms with Gasteiger partial charge in [0, 0.05) is 17.1 Å². The highest BCUT2D eigenvalue weighted by molar-refractivity contribution is 6.42. The Kier molecular flexibility index (Phi) is 5.09. The summed E-state index contributed by atoms with van der Waals surface area (Å²) >= 11 is 17.7. The van der Waals surface area contributed by atoms with E-state index in [2.05, 4.69) is 15.5 Å². The quantitative estimate of drug-likeness (QED) is 0.671. The summed E-state index contributed by atoms with van der Waals surface area (Å²) in [5, 5.41) is 11.3. The zero-order chi connectivity index (χ0) is 17.1. The fourth-order valence-corrected chi connectivity index (χ4v) is 2.58. The Morgan fingerprint density at radius 2 is 1.75 bits per heavy atom. The van der Waals surface area contributed by atoms with Crippen molar-refractivity contribution >= 4 is 40.7 Å². The summed E-state index contributed by atoms with van der Waals surface area (Å²) in [5.74, 6) is -0.256. The molecule has 3 aromatic rings. The summed E-state index contributed by atoms with van der Waals surface area (Å²) < 4.78 is 0. The van der Waals surface area contributed by atoms with Crippen molar-refractivity contribution in [2.24, 2.45) is 0 Å². The van der Waals surface area contributed by atoms with Crippen LogP contribution in [0.25, 0.3) is 11.3 Å². The van der Waals surface area contributed by atoms with Crippen LogP contribution in [0, 0.1) is 0 Å². The Hall–Kier alpha value is -2.01. The maximum atomic E-state index is 12.2. The van der Waals surface area contributed by atoms with Gasteiger partial charge in [0.15, 0.2) is 0 Å². The third-order valence-corrected chi connectivity index (χ3v) is 4.39. The monoisotopic (exact) mass is 379 g/mol. The highest BCUT2D eigenvalue weighted by atomic mass is 35.5. The number of nitrogens with one attached hydrogen (secondary N) is 2. The first-order valence-electron chi connectivity index (χ1n) is 7.06. The molecule has 1 heterocycles. The number of hydrogen-bond acceptors (Lipinski definition) is 2. The first kappa shape index (κ1) is 16.8. The molecule has 7 heteroatoms. The summed E-state index contributed by atoms with van der Waals surface area (Å²) in [7, 11) is 0. The third kappa shape index (κ3) is 3.90. The molecule has 122 valence electrons. The molecular formula is C17H12Cl3N3O. The number of nitrogens with zero attached hydrogens (tertiary/aromatic N) is 1. The van der Waals surface area contributed by atoms with Crippen molar-refractivity contribution in [1.82, 2.24) is 15.5 Å². The Labute approximate surface area is 153 Å². The van der Waals surface area contributed by atoms with Gasteiger partial charge in [-0.15, -0.1) is 0 Å². The van der Waals surface area contributed by atoms with Gasteiger partial charge in [-0.1, -0.05) is 53.0 Å². The number of amides is 1. The van der Waals surface area contributed by atoms with Crippen LogP contribution >= 0.6 is 34.8 Å². The van der Waals surface area contributed by atoms with Crippen molar-refractivity contribution < 1.29 is 4.79 Å². The Bertz CT molecular complexity index is 875. The van der Waals surface area contributed by atoms with E-state index in [0.29, 0.717) is 33.0 Å².